The number of anilines is 1. The van der Waals surface area contributed by atoms with Crippen molar-refractivity contribution in [2.45, 2.75) is 6.42 Å². The Bertz CT molecular complexity index is 928. The maximum Gasteiger partial charge on any atom is 0.263 e. The second kappa shape index (κ2) is 8.12. The Kier molecular flexibility index (Phi) is 5.86. The Morgan fingerprint density at radius 1 is 1.15 bits per heavy atom. The van der Waals surface area contributed by atoms with Gasteiger partial charge in [-0.25, -0.2) is 9.37 Å². The maximum absolute atomic E-state index is 14.1. The molecule has 26 heavy (non-hydrogen) atoms. The first-order valence-electron chi connectivity index (χ1n) is 8.23. The summed E-state index contributed by atoms with van der Waals surface area (Å²) >= 11 is 7.60. The van der Waals surface area contributed by atoms with Gasteiger partial charge in [0.1, 0.15) is 11.3 Å². The molecule has 4 nitrogen and oxygen atoms in total. The standard InChI is InChI=1S/C19H19ClFN3OS/c1-23(2)11-6-12-24(18(25)13-7-3-4-9-15(13)21)19-22-17-14(20)8-5-10-16(17)26-19/h3-5,7-10H,6,11-12H2,1-2H3. The number of hydrogen-bond donors (Lipinski definition) is 0. The number of carbonyl (C=O) groups is 1. The minimum absolute atomic E-state index is 0.0442. The van der Waals surface area contributed by atoms with Crippen LogP contribution in [0.2, 0.25) is 5.02 Å². The summed E-state index contributed by atoms with van der Waals surface area (Å²) in [4.78, 5) is 21.1. The fourth-order valence-corrected chi connectivity index (χ4v) is 3.92. The van der Waals surface area contributed by atoms with E-state index in [1.807, 2.05) is 31.1 Å². The minimum atomic E-state index is -0.533. The molecule has 7 heteroatoms. The van der Waals surface area contributed by atoms with Gasteiger partial charge in [-0.3, -0.25) is 9.69 Å². The van der Waals surface area contributed by atoms with Gasteiger partial charge in [0.2, 0.25) is 0 Å². The van der Waals surface area contributed by atoms with Crippen molar-refractivity contribution in [1.82, 2.24) is 9.88 Å². The second-order valence-electron chi connectivity index (χ2n) is 6.18. The Morgan fingerprint density at radius 2 is 1.92 bits per heavy atom. The van der Waals surface area contributed by atoms with Crippen molar-refractivity contribution in [3.63, 3.8) is 0 Å². The lowest BCUT2D eigenvalue weighted by Crippen LogP contribution is -2.34. The van der Waals surface area contributed by atoms with Crippen LogP contribution in [-0.4, -0.2) is 43.0 Å². The highest BCUT2D eigenvalue weighted by atomic mass is 35.5. The summed E-state index contributed by atoms with van der Waals surface area (Å²) < 4.78 is 15.0. The Labute approximate surface area is 160 Å². The van der Waals surface area contributed by atoms with Gasteiger partial charge in [-0.15, -0.1) is 0 Å². The third-order valence-corrected chi connectivity index (χ3v) is 5.27. The van der Waals surface area contributed by atoms with E-state index in [4.69, 9.17) is 11.6 Å². The van der Waals surface area contributed by atoms with E-state index in [2.05, 4.69) is 4.98 Å². The first-order valence-corrected chi connectivity index (χ1v) is 9.43. The first kappa shape index (κ1) is 18.8. The highest BCUT2D eigenvalue weighted by Gasteiger charge is 2.23. The summed E-state index contributed by atoms with van der Waals surface area (Å²) in [6.45, 7) is 1.26. The zero-order valence-electron chi connectivity index (χ0n) is 14.6. The van der Waals surface area contributed by atoms with E-state index >= 15 is 0 Å². The van der Waals surface area contributed by atoms with Crippen LogP contribution >= 0.6 is 22.9 Å². The third kappa shape index (κ3) is 4.03. The fourth-order valence-electron chi connectivity index (χ4n) is 2.63. The molecule has 1 heterocycles. The number of aromatic nitrogens is 1. The molecule has 0 fully saturated rings. The molecule has 0 radical (unpaired) electrons. The van der Waals surface area contributed by atoms with Crippen molar-refractivity contribution in [2.75, 3.05) is 32.1 Å². The minimum Gasteiger partial charge on any atom is -0.309 e. The first-order chi connectivity index (χ1) is 12.5. The lowest BCUT2D eigenvalue weighted by atomic mass is 10.2. The third-order valence-electron chi connectivity index (χ3n) is 3.93. The van der Waals surface area contributed by atoms with Crippen molar-refractivity contribution in [2.24, 2.45) is 0 Å². The van der Waals surface area contributed by atoms with Gasteiger partial charge in [-0.2, -0.15) is 0 Å². The molecule has 0 aliphatic carbocycles. The maximum atomic E-state index is 14.1. The molecule has 0 N–H and O–H groups in total. The molecule has 1 amide bonds. The summed E-state index contributed by atoms with van der Waals surface area (Å²) in [6.07, 6.45) is 0.747. The van der Waals surface area contributed by atoms with Crippen molar-refractivity contribution in [3.8, 4) is 0 Å². The Balaban J connectivity index is 1.97. The molecular formula is C19H19ClFN3OS. The zero-order chi connectivity index (χ0) is 18.7. The summed E-state index contributed by atoms with van der Waals surface area (Å²) in [5, 5.41) is 1.07. The van der Waals surface area contributed by atoms with Gasteiger partial charge in [-0.1, -0.05) is 41.1 Å². The SMILES string of the molecule is CN(C)CCCN(C(=O)c1ccccc1F)c1nc2c(Cl)cccc2s1. The number of fused-ring (bicyclic) bond motifs is 1. The molecule has 0 saturated carbocycles. The van der Waals surface area contributed by atoms with Crippen LogP contribution in [0.4, 0.5) is 9.52 Å². The molecule has 0 unspecified atom stereocenters. The van der Waals surface area contributed by atoms with Crippen molar-refractivity contribution in [1.29, 1.82) is 0 Å². The molecule has 0 spiro atoms. The number of para-hydroxylation sites is 1. The van der Waals surface area contributed by atoms with Crippen LogP contribution in [0.1, 0.15) is 16.8 Å². The Hall–Kier alpha value is -2.02. The van der Waals surface area contributed by atoms with Crippen LogP contribution in [0.15, 0.2) is 42.5 Å². The van der Waals surface area contributed by atoms with Gasteiger partial charge >= 0.3 is 0 Å². The summed E-state index contributed by atoms with van der Waals surface area (Å²) in [6, 6.07) is 11.5. The molecule has 0 bridgehead atoms. The van der Waals surface area contributed by atoms with Crippen molar-refractivity contribution >= 4 is 44.2 Å². The van der Waals surface area contributed by atoms with Crippen LogP contribution in [-0.2, 0) is 0 Å². The highest BCUT2D eigenvalue weighted by Crippen LogP contribution is 2.33. The predicted molar refractivity (Wildman–Crippen MR) is 106 cm³/mol. The van der Waals surface area contributed by atoms with Gasteiger partial charge in [-0.05, 0) is 51.3 Å². The predicted octanol–water partition coefficient (Wildman–Crippen LogP) is 4.69. The van der Waals surface area contributed by atoms with E-state index in [1.165, 1.54) is 23.5 Å². The lowest BCUT2D eigenvalue weighted by molar-refractivity contribution is 0.0982. The smallest absolute Gasteiger partial charge is 0.263 e. The van der Waals surface area contributed by atoms with Gasteiger partial charge in [0, 0.05) is 6.54 Å². The summed E-state index contributed by atoms with van der Waals surface area (Å²) in [5.74, 6) is -0.925. The van der Waals surface area contributed by atoms with E-state index in [9.17, 15) is 9.18 Å². The molecule has 0 atom stereocenters. The van der Waals surface area contributed by atoms with E-state index in [-0.39, 0.29) is 5.56 Å². The number of carbonyl (C=O) groups excluding carboxylic acids is 1. The van der Waals surface area contributed by atoms with Gasteiger partial charge in [0.15, 0.2) is 5.13 Å². The van der Waals surface area contributed by atoms with Crippen molar-refractivity contribution in [3.05, 3.63) is 58.9 Å². The van der Waals surface area contributed by atoms with Crippen LogP contribution in [0.25, 0.3) is 10.2 Å². The lowest BCUT2D eigenvalue weighted by Gasteiger charge is -2.21. The number of thiazole rings is 1. The molecule has 0 aliphatic rings. The molecule has 3 aromatic rings. The topological polar surface area (TPSA) is 36.4 Å². The van der Waals surface area contributed by atoms with Crippen LogP contribution in [0, 0.1) is 5.82 Å². The molecule has 0 saturated heterocycles. The normalized spacial score (nSPS) is 11.3. The number of rotatable bonds is 6. The second-order valence-corrected chi connectivity index (χ2v) is 7.59. The number of hydrogen-bond acceptors (Lipinski definition) is 4. The quantitative estimate of drug-likeness (QED) is 0.611. The number of amides is 1. The molecular weight excluding hydrogens is 373 g/mol. The van der Waals surface area contributed by atoms with Crippen LogP contribution < -0.4 is 4.90 Å². The number of nitrogens with zero attached hydrogens (tertiary/aromatic N) is 3. The van der Waals surface area contributed by atoms with E-state index in [1.54, 1.807) is 23.1 Å². The largest absolute Gasteiger partial charge is 0.309 e. The molecule has 0 aliphatic heterocycles. The molecule has 136 valence electrons. The van der Waals surface area contributed by atoms with E-state index < -0.39 is 11.7 Å². The number of benzene rings is 2. The highest BCUT2D eigenvalue weighted by molar-refractivity contribution is 7.22. The summed E-state index contributed by atoms with van der Waals surface area (Å²) in [5.41, 5.74) is 0.704. The van der Waals surface area contributed by atoms with Crippen LogP contribution in [0.3, 0.4) is 0 Å². The van der Waals surface area contributed by atoms with Gasteiger partial charge in [0.25, 0.3) is 5.91 Å². The van der Waals surface area contributed by atoms with E-state index in [0.29, 0.717) is 22.2 Å². The average molecular weight is 392 g/mol. The fraction of sp³-hybridized carbons (Fsp3) is 0.263. The molecule has 2 aromatic carbocycles. The molecule has 3 rings (SSSR count). The number of halogens is 2. The van der Waals surface area contributed by atoms with Gasteiger partial charge in [0.05, 0.1) is 15.3 Å². The molecule has 1 aromatic heterocycles. The Morgan fingerprint density at radius 3 is 2.62 bits per heavy atom. The summed E-state index contributed by atoms with van der Waals surface area (Å²) in [7, 11) is 3.95. The van der Waals surface area contributed by atoms with Crippen molar-refractivity contribution < 1.29 is 9.18 Å². The van der Waals surface area contributed by atoms with Crippen LogP contribution in [0.5, 0.6) is 0 Å². The average Bonchev–Trinajstić information content (AvgIpc) is 3.03. The van der Waals surface area contributed by atoms with Gasteiger partial charge < -0.3 is 4.90 Å². The zero-order valence-corrected chi connectivity index (χ0v) is 16.1. The monoisotopic (exact) mass is 391 g/mol. The van der Waals surface area contributed by atoms with E-state index in [0.717, 1.165) is 17.7 Å².